The van der Waals surface area contributed by atoms with Crippen molar-refractivity contribution >= 4 is 11.8 Å². The van der Waals surface area contributed by atoms with Crippen LogP contribution < -0.4 is 4.90 Å². The van der Waals surface area contributed by atoms with Crippen molar-refractivity contribution in [2.75, 3.05) is 24.7 Å². The van der Waals surface area contributed by atoms with E-state index in [9.17, 15) is 18.7 Å². The third-order valence-electron chi connectivity index (χ3n) is 5.09. The standard InChI is InChI=1S/C23H19F2NO3/c24-21-10-9-15(13-22(21)25)26(11-12-27)23(28)29-14-20-18-7-3-1-5-16(18)17-6-2-4-8-19(17)20/h1-10,13,20,27H,11-12,14H2. The van der Waals surface area contributed by atoms with Crippen LogP contribution in [0.2, 0.25) is 0 Å². The summed E-state index contributed by atoms with van der Waals surface area (Å²) >= 11 is 0. The molecular formula is C23H19F2NO3. The number of hydrogen-bond acceptors (Lipinski definition) is 3. The molecule has 29 heavy (non-hydrogen) atoms. The lowest BCUT2D eigenvalue weighted by atomic mass is 9.98. The van der Waals surface area contributed by atoms with Crippen molar-refractivity contribution in [2.45, 2.75) is 5.92 Å². The van der Waals surface area contributed by atoms with E-state index in [1.165, 1.54) is 6.07 Å². The molecule has 0 spiro atoms. The number of halogens is 2. The van der Waals surface area contributed by atoms with Crippen LogP contribution in [0.25, 0.3) is 11.1 Å². The van der Waals surface area contributed by atoms with Crippen LogP contribution in [0.3, 0.4) is 0 Å². The number of benzene rings is 3. The average Bonchev–Trinajstić information content (AvgIpc) is 3.06. The first-order valence-electron chi connectivity index (χ1n) is 9.28. The number of rotatable bonds is 5. The molecule has 4 rings (SSSR count). The number of carbonyl (C=O) groups is 1. The Morgan fingerprint density at radius 1 is 0.931 bits per heavy atom. The fraction of sp³-hybridized carbons (Fsp3) is 0.174. The highest BCUT2D eigenvalue weighted by Gasteiger charge is 2.30. The first kappa shape index (κ1) is 19.1. The molecule has 0 saturated heterocycles. The minimum Gasteiger partial charge on any atom is -0.448 e. The Labute approximate surface area is 167 Å². The lowest BCUT2D eigenvalue weighted by Crippen LogP contribution is -2.35. The molecule has 0 atom stereocenters. The summed E-state index contributed by atoms with van der Waals surface area (Å²) in [5.41, 5.74) is 4.48. The van der Waals surface area contributed by atoms with Gasteiger partial charge in [-0.1, -0.05) is 48.5 Å². The molecular weight excluding hydrogens is 376 g/mol. The van der Waals surface area contributed by atoms with E-state index in [-0.39, 0.29) is 31.4 Å². The maximum absolute atomic E-state index is 13.6. The van der Waals surface area contributed by atoms with E-state index in [4.69, 9.17) is 4.74 Å². The van der Waals surface area contributed by atoms with Crippen LogP contribution in [-0.4, -0.2) is 31.0 Å². The van der Waals surface area contributed by atoms with Gasteiger partial charge in [0.1, 0.15) is 6.61 Å². The van der Waals surface area contributed by atoms with Crippen LogP contribution in [0, 0.1) is 11.6 Å². The van der Waals surface area contributed by atoms with Gasteiger partial charge in [0.2, 0.25) is 0 Å². The van der Waals surface area contributed by atoms with Crippen LogP contribution in [0.5, 0.6) is 0 Å². The number of fused-ring (bicyclic) bond motifs is 3. The zero-order valence-corrected chi connectivity index (χ0v) is 15.5. The third kappa shape index (κ3) is 3.59. The molecule has 1 amide bonds. The van der Waals surface area contributed by atoms with Crippen LogP contribution >= 0.6 is 0 Å². The van der Waals surface area contributed by atoms with E-state index in [1.807, 2.05) is 48.5 Å². The molecule has 0 bridgehead atoms. The maximum atomic E-state index is 13.6. The summed E-state index contributed by atoms with van der Waals surface area (Å²) in [4.78, 5) is 13.8. The van der Waals surface area contributed by atoms with Gasteiger partial charge in [-0.15, -0.1) is 0 Å². The van der Waals surface area contributed by atoms with Gasteiger partial charge in [-0.3, -0.25) is 4.90 Å². The molecule has 4 nitrogen and oxygen atoms in total. The van der Waals surface area contributed by atoms with Crippen molar-refractivity contribution in [3.63, 3.8) is 0 Å². The van der Waals surface area contributed by atoms with Crippen LogP contribution in [-0.2, 0) is 4.74 Å². The van der Waals surface area contributed by atoms with E-state index in [1.54, 1.807) is 0 Å². The lowest BCUT2D eigenvalue weighted by molar-refractivity contribution is 0.148. The summed E-state index contributed by atoms with van der Waals surface area (Å²) in [5.74, 6) is -2.20. The average molecular weight is 395 g/mol. The Balaban J connectivity index is 1.56. The van der Waals surface area contributed by atoms with E-state index >= 15 is 0 Å². The minimum absolute atomic E-state index is 0.0955. The quantitative estimate of drug-likeness (QED) is 0.681. The van der Waals surface area contributed by atoms with Gasteiger partial charge in [-0.2, -0.15) is 0 Å². The lowest BCUT2D eigenvalue weighted by Gasteiger charge is -2.23. The van der Waals surface area contributed by atoms with E-state index in [2.05, 4.69) is 0 Å². The number of hydrogen-bond donors (Lipinski definition) is 1. The first-order chi connectivity index (χ1) is 14.1. The van der Waals surface area contributed by atoms with Crippen LogP contribution in [0.1, 0.15) is 17.0 Å². The van der Waals surface area contributed by atoms with E-state index in [0.29, 0.717) is 0 Å². The molecule has 0 aromatic heterocycles. The summed E-state index contributed by atoms with van der Waals surface area (Å²) in [6, 6.07) is 19.0. The Morgan fingerprint density at radius 3 is 2.14 bits per heavy atom. The second-order valence-corrected chi connectivity index (χ2v) is 6.78. The largest absolute Gasteiger partial charge is 0.448 e. The zero-order valence-electron chi connectivity index (χ0n) is 15.5. The van der Waals surface area contributed by atoms with Crippen molar-refractivity contribution in [3.05, 3.63) is 89.5 Å². The summed E-state index contributed by atoms with van der Waals surface area (Å²) in [6.45, 7) is -0.344. The summed E-state index contributed by atoms with van der Waals surface area (Å²) in [7, 11) is 0. The highest BCUT2D eigenvalue weighted by atomic mass is 19.2. The Hall–Kier alpha value is -3.25. The van der Waals surface area contributed by atoms with Gasteiger partial charge in [-0.05, 0) is 34.4 Å². The predicted octanol–water partition coefficient (Wildman–Crippen LogP) is 4.71. The number of aliphatic hydroxyl groups is 1. The molecule has 3 aromatic carbocycles. The normalized spacial score (nSPS) is 12.4. The van der Waals surface area contributed by atoms with Gasteiger partial charge in [-0.25, -0.2) is 13.6 Å². The minimum atomic E-state index is -1.07. The fourth-order valence-corrected chi connectivity index (χ4v) is 3.75. The highest BCUT2D eigenvalue weighted by Crippen LogP contribution is 2.44. The fourth-order valence-electron chi connectivity index (χ4n) is 3.75. The molecule has 1 N–H and O–H groups in total. The van der Waals surface area contributed by atoms with Gasteiger partial charge < -0.3 is 9.84 Å². The Bertz CT molecular complexity index is 1010. The van der Waals surface area contributed by atoms with Crippen molar-refractivity contribution < 1.29 is 23.4 Å². The second kappa shape index (κ2) is 8.01. The van der Waals surface area contributed by atoms with Crippen molar-refractivity contribution in [1.29, 1.82) is 0 Å². The zero-order chi connectivity index (χ0) is 20.4. The molecule has 0 radical (unpaired) electrons. The Morgan fingerprint density at radius 2 is 1.55 bits per heavy atom. The molecule has 0 unspecified atom stereocenters. The van der Waals surface area contributed by atoms with Gasteiger partial charge >= 0.3 is 6.09 Å². The van der Waals surface area contributed by atoms with E-state index in [0.717, 1.165) is 39.3 Å². The third-order valence-corrected chi connectivity index (χ3v) is 5.09. The number of amides is 1. The monoisotopic (exact) mass is 395 g/mol. The van der Waals surface area contributed by atoms with Gasteiger partial charge in [0.25, 0.3) is 0 Å². The van der Waals surface area contributed by atoms with Crippen LogP contribution in [0.15, 0.2) is 66.7 Å². The molecule has 0 heterocycles. The van der Waals surface area contributed by atoms with E-state index < -0.39 is 17.7 Å². The summed E-state index contributed by atoms with van der Waals surface area (Å²) in [5, 5.41) is 9.29. The van der Waals surface area contributed by atoms with Gasteiger partial charge in [0, 0.05) is 12.0 Å². The number of ether oxygens (including phenoxy) is 1. The number of anilines is 1. The molecule has 3 aromatic rings. The highest BCUT2D eigenvalue weighted by molar-refractivity contribution is 5.88. The van der Waals surface area contributed by atoms with Crippen molar-refractivity contribution in [3.8, 4) is 11.1 Å². The topological polar surface area (TPSA) is 49.8 Å². The summed E-state index contributed by atoms with van der Waals surface area (Å²) in [6.07, 6.45) is -0.730. The van der Waals surface area contributed by atoms with Gasteiger partial charge in [0.05, 0.1) is 18.8 Å². The Kier molecular flexibility index (Phi) is 5.27. The molecule has 0 fully saturated rings. The number of nitrogens with zero attached hydrogens (tertiary/aromatic N) is 1. The molecule has 0 saturated carbocycles. The number of carbonyl (C=O) groups excluding carboxylic acids is 1. The van der Waals surface area contributed by atoms with Crippen LogP contribution in [0.4, 0.5) is 19.3 Å². The molecule has 1 aliphatic rings. The molecule has 148 valence electrons. The predicted molar refractivity (Wildman–Crippen MR) is 106 cm³/mol. The first-order valence-corrected chi connectivity index (χ1v) is 9.28. The van der Waals surface area contributed by atoms with Crippen molar-refractivity contribution in [1.82, 2.24) is 0 Å². The van der Waals surface area contributed by atoms with Crippen molar-refractivity contribution in [2.24, 2.45) is 0 Å². The summed E-state index contributed by atoms with van der Waals surface area (Å²) < 4.78 is 32.4. The maximum Gasteiger partial charge on any atom is 0.414 e. The smallest absolute Gasteiger partial charge is 0.414 e. The SMILES string of the molecule is O=C(OCC1c2ccccc2-c2ccccc21)N(CCO)c1ccc(F)c(F)c1. The van der Waals surface area contributed by atoms with Gasteiger partial charge in [0.15, 0.2) is 11.6 Å². The molecule has 1 aliphatic carbocycles. The second-order valence-electron chi connectivity index (χ2n) is 6.78. The number of aliphatic hydroxyl groups excluding tert-OH is 1. The molecule has 6 heteroatoms. The molecule has 0 aliphatic heterocycles.